The number of rotatable bonds is 2. The number of piperidine rings is 1. The Balaban J connectivity index is 0.000000487. The summed E-state index contributed by atoms with van der Waals surface area (Å²) < 4.78 is 0. The third kappa shape index (κ3) is 7.38. The number of amides is 1. The number of nitrogens with two attached hydrogens (primary N) is 2. The summed E-state index contributed by atoms with van der Waals surface area (Å²) in [5.41, 5.74) is 9.87. The van der Waals surface area contributed by atoms with E-state index >= 15 is 0 Å². The van der Waals surface area contributed by atoms with Gasteiger partial charge in [0.15, 0.2) is 0 Å². The molecule has 1 amide bonds. The lowest BCUT2D eigenvalue weighted by Crippen LogP contribution is -2.46. The normalized spacial score (nSPS) is 17.8. The zero-order valence-electron chi connectivity index (χ0n) is 9.12. The summed E-state index contributed by atoms with van der Waals surface area (Å²) in [7, 11) is -2.12. The van der Waals surface area contributed by atoms with E-state index in [4.69, 9.17) is 15.5 Å². The van der Waals surface area contributed by atoms with E-state index in [9.17, 15) is 4.79 Å². The molecule has 8 heteroatoms. The molecule has 1 rings (SSSR count). The monoisotopic (exact) mass is 269 g/mol. The SMILES string of the molecule is NP(O)O.N[C@@H](CS)C(=O)N1CCCCC1. The van der Waals surface area contributed by atoms with Gasteiger partial charge >= 0.3 is 0 Å². The summed E-state index contributed by atoms with van der Waals surface area (Å²) >= 11 is 4.00. The van der Waals surface area contributed by atoms with Crippen LogP contribution in [0.5, 0.6) is 0 Å². The molecule has 0 aliphatic carbocycles. The molecule has 0 aromatic rings. The van der Waals surface area contributed by atoms with Crippen LogP contribution in [0.4, 0.5) is 0 Å². The maximum absolute atomic E-state index is 11.5. The number of carbonyl (C=O) groups is 1. The molecule has 0 aromatic carbocycles. The fourth-order valence-corrected chi connectivity index (χ4v) is 1.58. The van der Waals surface area contributed by atoms with Crippen LogP contribution in [0.3, 0.4) is 0 Å². The molecular weight excluding hydrogens is 249 g/mol. The van der Waals surface area contributed by atoms with Gasteiger partial charge in [-0.05, 0) is 19.3 Å². The predicted molar refractivity (Wildman–Crippen MR) is 67.8 cm³/mol. The van der Waals surface area contributed by atoms with Crippen molar-refractivity contribution >= 4 is 27.1 Å². The molecule has 1 aliphatic heterocycles. The van der Waals surface area contributed by atoms with Gasteiger partial charge in [0.2, 0.25) is 14.4 Å². The maximum Gasteiger partial charge on any atom is 0.247 e. The topological polar surface area (TPSA) is 113 Å². The lowest BCUT2D eigenvalue weighted by molar-refractivity contribution is -0.132. The van der Waals surface area contributed by atoms with E-state index in [1.54, 1.807) is 0 Å². The van der Waals surface area contributed by atoms with Crippen molar-refractivity contribution in [2.24, 2.45) is 11.2 Å². The molecule has 1 atom stereocenters. The van der Waals surface area contributed by atoms with Crippen LogP contribution in [-0.4, -0.2) is 45.5 Å². The Labute approximate surface area is 102 Å². The van der Waals surface area contributed by atoms with Gasteiger partial charge in [-0.15, -0.1) is 0 Å². The average Bonchev–Trinajstić information content (AvgIpc) is 2.27. The van der Waals surface area contributed by atoms with Crippen LogP contribution in [0.1, 0.15) is 19.3 Å². The molecule has 1 aliphatic rings. The molecular formula is C8H20N3O3PS. The first-order valence-corrected chi connectivity index (χ1v) is 7.01. The molecule has 0 spiro atoms. The third-order valence-corrected chi connectivity index (χ3v) is 2.58. The van der Waals surface area contributed by atoms with Gasteiger partial charge in [-0.3, -0.25) is 10.3 Å². The molecule has 6 N–H and O–H groups in total. The summed E-state index contributed by atoms with van der Waals surface area (Å²) in [6.45, 7) is 1.75. The van der Waals surface area contributed by atoms with Crippen LogP contribution in [0, 0.1) is 0 Å². The van der Waals surface area contributed by atoms with Crippen molar-refractivity contribution in [2.45, 2.75) is 25.3 Å². The highest BCUT2D eigenvalue weighted by molar-refractivity contribution is 7.80. The Bertz CT molecular complexity index is 200. The van der Waals surface area contributed by atoms with E-state index in [1.807, 2.05) is 4.90 Å². The van der Waals surface area contributed by atoms with Crippen molar-refractivity contribution in [1.29, 1.82) is 0 Å². The van der Waals surface area contributed by atoms with Crippen LogP contribution in [0.2, 0.25) is 0 Å². The second kappa shape index (κ2) is 9.15. The van der Waals surface area contributed by atoms with Gasteiger partial charge < -0.3 is 20.4 Å². The van der Waals surface area contributed by atoms with E-state index in [0.717, 1.165) is 25.9 Å². The van der Waals surface area contributed by atoms with Crippen LogP contribution in [-0.2, 0) is 4.79 Å². The van der Waals surface area contributed by atoms with E-state index < -0.39 is 14.6 Å². The zero-order valence-corrected chi connectivity index (χ0v) is 10.9. The fourth-order valence-electron chi connectivity index (χ4n) is 1.43. The number of likely N-dealkylation sites (tertiary alicyclic amines) is 1. The van der Waals surface area contributed by atoms with Gasteiger partial charge in [0.05, 0.1) is 6.04 Å². The van der Waals surface area contributed by atoms with Gasteiger partial charge in [-0.1, -0.05) is 0 Å². The first-order chi connectivity index (χ1) is 7.49. The highest BCUT2D eigenvalue weighted by Gasteiger charge is 2.20. The summed E-state index contributed by atoms with van der Waals surface area (Å²) in [6.07, 6.45) is 3.47. The average molecular weight is 269 g/mol. The Morgan fingerprint density at radius 3 is 2.19 bits per heavy atom. The second-order valence-corrected chi connectivity index (χ2v) is 4.50. The lowest BCUT2D eigenvalue weighted by Gasteiger charge is -2.28. The Kier molecular flexibility index (Phi) is 9.21. The molecule has 0 radical (unpaired) electrons. The maximum atomic E-state index is 11.5. The second-order valence-electron chi connectivity index (χ2n) is 3.50. The van der Waals surface area contributed by atoms with E-state index in [0.29, 0.717) is 5.75 Å². The first-order valence-electron chi connectivity index (χ1n) is 5.06. The van der Waals surface area contributed by atoms with Crippen LogP contribution < -0.4 is 11.2 Å². The van der Waals surface area contributed by atoms with Crippen molar-refractivity contribution in [3.8, 4) is 0 Å². The van der Waals surface area contributed by atoms with Gasteiger partial charge in [0.25, 0.3) is 0 Å². The van der Waals surface area contributed by atoms with Crippen molar-refractivity contribution in [2.75, 3.05) is 18.8 Å². The minimum Gasteiger partial charge on any atom is -0.341 e. The standard InChI is InChI=1S/C8H16N2OS.H4NO2P/c9-7(6-12)8(11)10-4-2-1-3-5-10;1-4(2)3/h7,12H,1-6,9H2;2-3H,1H2/t7-;/m0./s1. The first kappa shape index (κ1) is 16.1. The minimum absolute atomic E-state index is 0.0599. The summed E-state index contributed by atoms with van der Waals surface area (Å²) in [5.74, 6) is 0.500. The highest BCUT2D eigenvalue weighted by atomic mass is 32.1. The summed E-state index contributed by atoms with van der Waals surface area (Å²) in [6, 6.07) is -0.411. The molecule has 0 aromatic heterocycles. The van der Waals surface area contributed by atoms with Crippen molar-refractivity contribution in [1.82, 2.24) is 4.90 Å². The van der Waals surface area contributed by atoms with Gasteiger partial charge in [-0.2, -0.15) is 12.6 Å². The quantitative estimate of drug-likeness (QED) is 0.340. The fraction of sp³-hybridized carbons (Fsp3) is 0.875. The molecule has 6 nitrogen and oxygen atoms in total. The largest absolute Gasteiger partial charge is 0.341 e. The smallest absolute Gasteiger partial charge is 0.247 e. The summed E-state index contributed by atoms with van der Waals surface area (Å²) in [4.78, 5) is 28.2. The minimum atomic E-state index is -2.12. The van der Waals surface area contributed by atoms with Crippen molar-refractivity contribution in [3.63, 3.8) is 0 Å². The molecule has 0 bridgehead atoms. The van der Waals surface area contributed by atoms with Gasteiger partial charge in [0, 0.05) is 18.8 Å². The Morgan fingerprint density at radius 2 is 1.81 bits per heavy atom. The van der Waals surface area contributed by atoms with Crippen molar-refractivity contribution < 1.29 is 14.6 Å². The zero-order chi connectivity index (χ0) is 12.6. The molecule has 1 saturated heterocycles. The van der Waals surface area contributed by atoms with Gasteiger partial charge in [0.1, 0.15) is 0 Å². The number of hydrogen-bond donors (Lipinski definition) is 5. The Morgan fingerprint density at radius 1 is 1.38 bits per heavy atom. The van der Waals surface area contributed by atoms with Crippen LogP contribution >= 0.6 is 21.2 Å². The predicted octanol–water partition coefficient (Wildman–Crippen LogP) is -0.587. The van der Waals surface area contributed by atoms with E-state index in [1.165, 1.54) is 6.42 Å². The molecule has 16 heavy (non-hydrogen) atoms. The highest BCUT2D eigenvalue weighted by Crippen LogP contribution is 2.09. The van der Waals surface area contributed by atoms with Crippen LogP contribution in [0.25, 0.3) is 0 Å². The molecule has 0 saturated carbocycles. The lowest BCUT2D eigenvalue weighted by atomic mass is 10.1. The molecule has 0 unspecified atom stereocenters. The molecule has 1 heterocycles. The van der Waals surface area contributed by atoms with Crippen LogP contribution in [0.15, 0.2) is 0 Å². The van der Waals surface area contributed by atoms with Gasteiger partial charge in [-0.25, -0.2) is 0 Å². The Hall–Kier alpha value is 0.0900. The molecule has 1 fully saturated rings. The number of nitrogens with zero attached hydrogens (tertiary/aromatic N) is 1. The molecule has 96 valence electrons. The number of carbonyl (C=O) groups excluding carboxylic acids is 1. The number of thiol groups is 1. The van der Waals surface area contributed by atoms with Crippen molar-refractivity contribution in [3.05, 3.63) is 0 Å². The van der Waals surface area contributed by atoms with E-state index in [-0.39, 0.29) is 5.91 Å². The van der Waals surface area contributed by atoms with E-state index in [2.05, 4.69) is 18.1 Å². The third-order valence-electron chi connectivity index (χ3n) is 2.18. The summed E-state index contributed by atoms with van der Waals surface area (Å²) in [5, 5.41) is 0. The number of hydrogen-bond acceptors (Lipinski definition) is 6.